The zero-order chi connectivity index (χ0) is 16.7. The summed E-state index contributed by atoms with van der Waals surface area (Å²) in [6.07, 6.45) is 8.02. The van der Waals surface area contributed by atoms with E-state index in [1.54, 1.807) is 12.5 Å². The van der Waals surface area contributed by atoms with E-state index in [9.17, 15) is 4.79 Å². The quantitative estimate of drug-likeness (QED) is 0.740. The van der Waals surface area contributed by atoms with E-state index in [1.165, 1.54) is 0 Å². The predicted octanol–water partition coefficient (Wildman–Crippen LogP) is 2.28. The molecule has 0 aliphatic carbocycles. The van der Waals surface area contributed by atoms with Crippen LogP contribution in [0.15, 0.2) is 36.9 Å². The molecule has 6 heteroatoms. The Bertz CT molecular complexity index is 612. The maximum atomic E-state index is 11.1. The molecule has 6 nitrogen and oxygen atoms in total. The number of carboxylic acid groups (broad SMARTS) is 1. The fraction of sp³-hybridized carbons (Fsp3) is 0.471. The Morgan fingerprint density at radius 3 is 2.83 bits per heavy atom. The molecule has 0 aliphatic rings. The summed E-state index contributed by atoms with van der Waals surface area (Å²) in [7, 11) is 0. The summed E-state index contributed by atoms with van der Waals surface area (Å²) < 4.78 is 1.88. The average Bonchev–Trinajstić information content (AvgIpc) is 3.01. The highest BCUT2D eigenvalue weighted by Gasteiger charge is 2.20. The Morgan fingerprint density at radius 2 is 2.17 bits per heavy atom. The molecule has 0 saturated heterocycles. The second-order valence-electron chi connectivity index (χ2n) is 5.91. The van der Waals surface area contributed by atoms with Gasteiger partial charge < -0.3 is 10.8 Å². The van der Waals surface area contributed by atoms with E-state index in [1.807, 2.05) is 29.0 Å². The first kappa shape index (κ1) is 17.1. The van der Waals surface area contributed by atoms with Crippen molar-refractivity contribution in [3.8, 4) is 5.82 Å². The minimum atomic E-state index is -0.752. The Balaban J connectivity index is 1.98. The zero-order valence-electron chi connectivity index (χ0n) is 13.4. The van der Waals surface area contributed by atoms with Crippen molar-refractivity contribution in [1.82, 2.24) is 14.5 Å². The van der Waals surface area contributed by atoms with Gasteiger partial charge in [-0.2, -0.15) is 0 Å². The molecule has 0 aliphatic heterocycles. The highest BCUT2D eigenvalue weighted by molar-refractivity contribution is 5.67. The van der Waals surface area contributed by atoms with E-state index in [-0.39, 0.29) is 12.3 Å². The highest BCUT2D eigenvalue weighted by atomic mass is 16.4. The van der Waals surface area contributed by atoms with Gasteiger partial charge in [-0.3, -0.25) is 9.36 Å². The number of imidazole rings is 1. The molecule has 124 valence electrons. The number of rotatable bonds is 9. The van der Waals surface area contributed by atoms with Crippen LogP contribution in [-0.2, 0) is 11.2 Å². The van der Waals surface area contributed by atoms with Crippen molar-refractivity contribution in [1.29, 1.82) is 0 Å². The summed E-state index contributed by atoms with van der Waals surface area (Å²) >= 11 is 0. The van der Waals surface area contributed by atoms with E-state index < -0.39 is 5.97 Å². The summed E-state index contributed by atoms with van der Waals surface area (Å²) in [5.41, 5.74) is 6.55. The standard InChI is InChI=1S/C17H24N4O2/c1-13(7-8-18)14(10-17(22)23)5-6-15-11-21(12-20-15)16-4-2-3-9-19-16/h2-4,9,11-14H,5-8,10,18H2,1H3,(H,22,23)/t13-,14?/m1/s1. The van der Waals surface area contributed by atoms with Crippen molar-refractivity contribution in [2.24, 2.45) is 17.6 Å². The molecule has 2 atom stereocenters. The lowest BCUT2D eigenvalue weighted by Gasteiger charge is -2.21. The van der Waals surface area contributed by atoms with Crippen LogP contribution in [0.5, 0.6) is 0 Å². The molecule has 0 amide bonds. The topological polar surface area (TPSA) is 94.0 Å². The van der Waals surface area contributed by atoms with Crippen molar-refractivity contribution < 1.29 is 9.90 Å². The molecule has 0 saturated carbocycles. The Hall–Kier alpha value is -2.21. The van der Waals surface area contributed by atoms with Crippen molar-refractivity contribution in [2.45, 2.75) is 32.6 Å². The van der Waals surface area contributed by atoms with Crippen LogP contribution in [0, 0.1) is 11.8 Å². The third-order valence-corrected chi connectivity index (χ3v) is 4.18. The molecule has 2 aromatic heterocycles. The predicted molar refractivity (Wildman–Crippen MR) is 88.3 cm³/mol. The smallest absolute Gasteiger partial charge is 0.303 e. The second-order valence-corrected chi connectivity index (χ2v) is 5.91. The first-order valence-corrected chi connectivity index (χ1v) is 7.96. The number of hydrogen-bond acceptors (Lipinski definition) is 4. The Labute approximate surface area is 136 Å². The van der Waals surface area contributed by atoms with Gasteiger partial charge in [0.05, 0.1) is 5.69 Å². The molecule has 0 aromatic carbocycles. The summed E-state index contributed by atoms with van der Waals surface area (Å²) in [6.45, 7) is 2.67. The van der Waals surface area contributed by atoms with Gasteiger partial charge in [0.15, 0.2) is 0 Å². The Kier molecular flexibility index (Phi) is 6.29. The van der Waals surface area contributed by atoms with Crippen LogP contribution >= 0.6 is 0 Å². The number of aromatic nitrogens is 3. The number of carboxylic acids is 1. The van der Waals surface area contributed by atoms with Gasteiger partial charge in [-0.15, -0.1) is 0 Å². The zero-order valence-corrected chi connectivity index (χ0v) is 13.4. The molecular formula is C17H24N4O2. The monoisotopic (exact) mass is 316 g/mol. The first-order valence-electron chi connectivity index (χ1n) is 7.96. The van der Waals surface area contributed by atoms with E-state index in [2.05, 4.69) is 16.9 Å². The number of nitrogens with zero attached hydrogens (tertiary/aromatic N) is 3. The lowest BCUT2D eigenvalue weighted by atomic mass is 9.84. The first-order chi connectivity index (χ1) is 11.1. The van der Waals surface area contributed by atoms with Gasteiger partial charge in [0, 0.05) is 18.8 Å². The lowest BCUT2D eigenvalue weighted by Crippen LogP contribution is -2.19. The number of nitrogens with two attached hydrogens (primary N) is 1. The molecular weight excluding hydrogens is 292 g/mol. The van der Waals surface area contributed by atoms with Crippen molar-refractivity contribution in [3.63, 3.8) is 0 Å². The van der Waals surface area contributed by atoms with Crippen LogP contribution in [0.1, 0.15) is 31.9 Å². The van der Waals surface area contributed by atoms with E-state index in [4.69, 9.17) is 10.8 Å². The van der Waals surface area contributed by atoms with Gasteiger partial charge in [-0.05, 0) is 49.8 Å². The minimum Gasteiger partial charge on any atom is -0.481 e. The largest absolute Gasteiger partial charge is 0.481 e. The summed E-state index contributed by atoms with van der Waals surface area (Å²) in [5.74, 6) is 0.493. The van der Waals surface area contributed by atoms with Crippen molar-refractivity contribution >= 4 is 5.97 Å². The molecule has 0 fully saturated rings. The summed E-state index contributed by atoms with van der Waals surface area (Å²) in [6, 6.07) is 5.72. The van der Waals surface area contributed by atoms with Gasteiger partial charge in [0.2, 0.25) is 0 Å². The number of hydrogen-bond donors (Lipinski definition) is 2. The average molecular weight is 316 g/mol. The van der Waals surface area contributed by atoms with E-state index in [0.29, 0.717) is 12.5 Å². The van der Waals surface area contributed by atoms with E-state index >= 15 is 0 Å². The Morgan fingerprint density at radius 1 is 1.35 bits per heavy atom. The van der Waals surface area contributed by atoms with Crippen LogP contribution in [0.4, 0.5) is 0 Å². The van der Waals surface area contributed by atoms with Gasteiger partial charge >= 0.3 is 5.97 Å². The molecule has 0 bridgehead atoms. The van der Waals surface area contributed by atoms with Crippen LogP contribution in [0.3, 0.4) is 0 Å². The fourth-order valence-corrected chi connectivity index (χ4v) is 2.77. The van der Waals surface area contributed by atoms with E-state index in [0.717, 1.165) is 30.8 Å². The van der Waals surface area contributed by atoms with Crippen molar-refractivity contribution in [3.05, 3.63) is 42.6 Å². The molecule has 3 N–H and O–H groups in total. The third kappa shape index (κ3) is 5.17. The normalized spacial score (nSPS) is 13.7. The molecule has 2 rings (SSSR count). The number of aliphatic carboxylic acids is 1. The van der Waals surface area contributed by atoms with Gasteiger partial charge in [-0.1, -0.05) is 13.0 Å². The van der Waals surface area contributed by atoms with Crippen LogP contribution in [-0.4, -0.2) is 32.2 Å². The van der Waals surface area contributed by atoms with Crippen LogP contribution < -0.4 is 5.73 Å². The third-order valence-electron chi connectivity index (χ3n) is 4.18. The maximum absolute atomic E-state index is 11.1. The molecule has 0 spiro atoms. The van der Waals surface area contributed by atoms with Crippen LogP contribution in [0.2, 0.25) is 0 Å². The van der Waals surface area contributed by atoms with Gasteiger partial charge in [0.1, 0.15) is 12.1 Å². The summed E-state index contributed by atoms with van der Waals surface area (Å²) in [4.78, 5) is 19.7. The maximum Gasteiger partial charge on any atom is 0.303 e. The number of carbonyl (C=O) groups is 1. The molecule has 0 radical (unpaired) electrons. The molecule has 2 heterocycles. The lowest BCUT2D eigenvalue weighted by molar-refractivity contribution is -0.138. The summed E-state index contributed by atoms with van der Waals surface area (Å²) in [5, 5.41) is 9.09. The van der Waals surface area contributed by atoms with Gasteiger partial charge in [0.25, 0.3) is 0 Å². The number of aryl methyl sites for hydroxylation is 1. The minimum absolute atomic E-state index is 0.121. The van der Waals surface area contributed by atoms with Gasteiger partial charge in [-0.25, -0.2) is 9.97 Å². The molecule has 23 heavy (non-hydrogen) atoms. The molecule has 1 unspecified atom stereocenters. The molecule has 2 aromatic rings. The van der Waals surface area contributed by atoms with Crippen molar-refractivity contribution in [2.75, 3.05) is 6.54 Å². The fourth-order valence-electron chi connectivity index (χ4n) is 2.77. The highest BCUT2D eigenvalue weighted by Crippen LogP contribution is 2.24. The SMILES string of the molecule is C[C@H](CCN)C(CCc1cn(-c2ccccn2)cn1)CC(=O)O. The second kappa shape index (κ2) is 8.43. The van der Waals surface area contributed by atoms with Crippen LogP contribution in [0.25, 0.3) is 5.82 Å². The number of pyridine rings is 1.